The summed E-state index contributed by atoms with van der Waals surface area (Å²) in [6, 6.07) is 5.64. The first kappa shape index (κ1) is 13.0. The van der Waals surface area contributed by atoms with Crippen molar-refractivity contribution in [2.45, 2.75) is 50.6 Å². The molecule has 1 heterocycles. The molecule has 0 aromatic carbocycles. The van der Waals surface area contributed by atoms with Crippen LogP contribution in [0.25, 0.3) is 0 Å². The Labute approximate surface area is 108 Å². The fourth-order valence-corrected chi connectivity index (χ4v) is 2.57. The Morgan fingerprint density at radius 1 is 1.50 bits per heavy atom. The van der Waals surface area contributed by atoms with Gasteiger partial charge in [0.05, 0.1) is 11.7 Å². The van der Waals surface area contributed by atoms with Crippen molar-refractivity contribution >= 4 is 5.91 Å². The number of nitrogens with two attached hydrogens (primary N) is 1. The molecule has 3 N–H and O–H groups in total. The van der Waals surface area contributed by atoms with E-state index < -0.39 is 0 Å². The highest BCUT2D eigenvalue weighted by Crippen LogP contribution is 2.30. The number of carbonyl (C=O) groups excluding carboxylic acids is 1. The van der Waals surface area contributed by atoms with Crippen molar-refractivity contribution in [3.8, 4) is 0 Å². The molecule has 1 aromatic heterocycles. The van der Waals surface area contributed by atoms with Crippen molar-refractivity contribution in [3.63, 3.8) is 0 Å². The third kappa shape index (κ3) is 3.29. The van der Waals surface area contributed by atoms with Gasteiger partial charge in [0, 0.05) is 18.2 Å². The molecule has 1 atom stereocenters. The van der Waals surface area contributed by atoms with Gasteiger partial charge in [-0.05, 0) is 31.9 Å². The molecule has 0 spiro atoms. The van der Waals surface area contributed by atoms with Crippen LogP contribution in [-0.4, -0.2) is 16.4 Å². The molecule has 0 radical (unpaired) electrons. The van der Waals surface area contributed by atoms with Crippen molar-refractivity contribution in [1.29, 1.82) is 0 Å². The number of nitrogens with zero attached hydrogens (tertiary/aromatic N) is 1. The maximum atomic E-state index is 12.0. The summed E-state index contributed by atoms with van der Waals surface area (Å²) in [6.45, 7) is 1.94. The molecule has 1 fully saturated rings. The van der Waals surface area contributed by atoms with Crippen LogP contribution < -0.4 is 11.1 Å². The Kier molecular flexibility index (Phi) is 3.97. The Balaban J connectivity index is 1.88. The van der Waals surface area contributed by atoms with Gasteiger partial charge in [-0.3, -0.25) is 9.78 Å². The molecular formula is C14H21N3O. The Bertz CT molecular complexity index is 399. The molecule has 4 heteroatoms. The van der Waals surface area contributed by atoms with Crippen molar-refractivity contribution in [2.24, 2.45) is 5.73 Å². The molecule has 18 heavy (non-hydrogen) atoms. The van der Waals surface area contributed by atoms with E-state index in [1.54, 1.807) is 6.20 Å². The fraction of sp³-hybridized carbons (Fsp3) is 0.571. The minimum atomic E-state index is -0.284. The molecule has 1 unspecified atom stereocenters. The summed E-state index contributed by atoms with van der Waals surface area (Å²) in [5.41, 5.74) is 6.79. The number of rotatable bonds is 4. The molecule has 2 rings (SSSR count). The number of hydrogen-bond donors (Lipinski definition) is 2. The minimum absolute atomic E-state index is 0.0255. The Morgan fingerprint density at radius 3 is 2.83 bits per heavy atom. The van der Waals surface area contributed by atoms with Crippen LogP contribution in [0.2, 0.25) is 0 Å². The van der Waals surface area contributed by atoms with Crippen LogP contribution in [0, 0.1) is 0 Å². The molecular weight excluding hydrogens is 226 g/mol. The number of hydrogen-bond acceptors (Lipinski definition) is 3. The molecule has 1 aliphatic rings. The standard InChI is InChI=1S/C14H21N3O/c1-11(12-6-2-5-9-16-12)17-13(18)10-14(15)7-3-4-8-14/h2,5-6,9,11H,3-4,7-8,10,15H2,1H3,(H,17,18). The van der Waals surface area contributed by atoms with E-state index in [4.69, 9.17) is 5.73 Å². The van der Waals surface area contributed by atoms with Crippen LogP contribution >= 0.6 is 0 Å². The van der Waals surface area contributed by atoms with Crippen molar-refractivity contribution in [1.82, 2.24) is 10.3 Å². The molecule has 4 nitrogen and oxygen atoms in total. The van der Waals surface area contributed by atoms with Crippen molar-refractivity contribution in [2.75, 3.05) is 0 Å². The van der Waals surface area contributed by atoms with Crippen LogP contribution in [0.4, 0.5) is 0 Å². The smallest absolute Gasteiger partial charge is 0.222 e. The van der Waals surface area contributed by atoms with Crippen LogP contribution in [0.1, 0.15) is 50.8 Å². The zero-order valence-corrected chi connectivity index (χ0v) is 10.9. The maximum absolute atomic E-state index is 12.0. The van der Waals surface area contributed by atoms with Crippen LogP contribution in [0.15, 0.2) is 24.4 Å². The zero-order valence-electron chi connectivity index (χ0n) is 10.9. The van der Waals surface area contributed by atoms with Gasteiger partial charge in [0.1, 0.15) is 0 Å². The van der Waals surface area contributed by atoms with Crippen molar-refractivity contribution in [3.05, 3.63) is 30.1 Å². The molecule has 0 aliphatic heterocycles. The van der Waals surface area contributed by atoms with E-state index in [0.29, 0.717) is 6.42 Å². The second-order valence-corrected chi connectivity index (χ2v) is 5.29. The van der Waals surface area contributed by atoms with Crippen LogP contribution in [0.5, 0.6) is 0 Å². The fourth-order valence-electron chi connectivity index (χ4n) is 2.57. The summed E-state index contributed by atoms with van der Waals surface area (Å²) < 4.78 is 0. The number of aromatic nitrogens is 1. The maximum Gasteiger partial charge on any atom is 0.222 e. The SMILES string of the molecule is CC(NC(=O)CC1(N)CCCC1)c1ccccn1. The van der Waals surface area contributed by atoms with Gasteiger partial charge in [0.15, 0.2) is 0 Å². The molecule has 1 aromatic rings. The van der Waals surface area contributed by atoms with E-state index in [1.807, 2.05) is 25.1 Å². The average Bonchev–Trinajstić information content (AvgIpc) is 2.76. The summed E-state index contributed by atoms with van der Waals surface area (Å²) in [6.07, 6.45) is 6.35. The molecule has 1 aliphatic carbocycles. The first-order chi connectivity index (χ1) is 8.59. The van der Waals surface area contributed by atoms with E-state index in [-0.39, 0.29) is 17.5 Å². The first-order valence-electron chi connectivity index (χ1n) is 6.58. The predicted octanol–water partition coefficient (Wildman–Crippen LogP) is 1.92. The van der Waals surface area contributed by atoms with Gasteiger partial charge in [0.2, 0.25) is 5.91 Å². The molecule has 0 bridgehead atoms. The summed E-state index contributed by atoms with van der Waals surface area (Å²) >= 11 is 0. The van der Waals surface area contributed by atoms with Crippen LogP contribution in [0.3, 0.4) is 0 Å². The quantitative estimate of drug-likeness (QED) is 0.854. The third-order valence-corrected chi connectivity index (χ3v) is 3.62. The Morgan fingerprint density at radius 2 is 2.22 bits per heavy atom. The molecule has 0 saturated heterocycles. The molecule has 1 amide bonds. The highest BCUT2D eigenvalue weighted by molar-refractivity contribution is 5.77. The molecule has 98 valence electrons. The third-order valence-electron chi connectivity index (χ3n) is 3.62. The van der Waals surface area contributed by atoms with Gasteiger partial charge < -0.3 is 11.1 Å². The van der Waals surface area contributed by atoms with Crippen molar-refractivity contribution < 1.29 is 4.79 Å². The summed E-state index contributed by atoms with van der Waals surface area (Å²) in [7, 11) is 0. The monoisotopic (exact) mass is 247 g/mol. The highest BCUT2D eigenvalue weighted by Gasteiger charge is 2.31. The van der Waals surface area contributed by atoms with Gasteiger partial charge in [0.25, 0.3) is 0 Å². The van der Waals surface area contributed by atoms with Crippen LogP contribution in [-0.2, 0) is 4.79 Å². The van der Waals surface area contributed by atoms with Gasteiger partial charge in [-0.1, -0.05) is 18.9 Å². The molecule has 1 saturated carbocycles. The number of nitrogens with one attached hydrogen (secondary N) is 1. The van der Waals surface area contributed by atoms with E-state index in [0.717, 1.165) is 31.4 Å². The van der Waals surface area contributed by atoms with E-state index >= 15 is 0 Å². The second kappa shape index (κ2) is 5.48. The number of pyridine rings is 1. The lowest BCUT2D eigenvalue weighted by atomic mass is 9.94. The second-order valence-electron chi connectivity index (χ2n) is 5.29. The average molecular weight is 247 g/mol. The highest BCUT2D eigenvalue weighted by atomic mass is 16.1. The van der Waals surface area contributed by atoms with E-state index in [9.17, 15) is 4.79 Å². The Hall–Kier alpha value is -1.42. The summed E-state index contributed by atoms with van der Waals surface area (Å²) in [4.78, 5) is 16.2. The lowest BCUT2D eigenvalue weighted by Gasteiger charge is -2.23. The van der Waals surface area contributed by atoms with E-state index in [2.05, 4.69) is 10.3 Å². The normalized spacial score (nSPS) is 19.4. The number of carbonyl (C=O) groups is 1. The minimum Gasteiger partial charge on any atom is -0.348 e. The zero-order chi connectivity index (χ0) is 13.0. The van der Waals surface area contributed by atoms with Gasteiger partial charge in [-0.15, -0.1) is 0 Å². The largest absolute Gasteiger partial charge is 0.348 e. The van der Waals surface area contributed by atoms with E-state index in [1.165, 1.54) is 0 Å². The summed E-state index contributed by atoms with van der Waals surface area (Å²) in [5, 5.41) is 2.97. The summed E-state index contributed by atoms with van der Waals surface area (Å²) in [5.74, 6) is 0.0255. The van der Waals surface area contributed by atoms with Gasteiger partial charge in [-0.2, -0.15) is 0 Å². The number of amides is 1. The van der Waals surface area contributed by atoms with Gasteiger partial charge in [-0.25, -0.2) is 0 Å². The lowest BCUT2D eigenvalue weighted by Crippen LogP contribution is -2.42. The topological polar surface area (TPSA) is 68.0 Å². The predicted molar refractivity (Wildman–Crippen MR) is 70.8 cm³/mol. The lowest BCUT2D eigenvalue weighted by molar-refractivity contribution is -0.122. The first-order valence-corrected chi connectivity index (χ1v) is 6.58. The van der Waals surface area contributed by atoms with Gasteiger partial charge >= 0.3 is 0 Å².